The number of methoxy groups -OCH3 is 1. The maximum atomic E-state index is 13.1. The zero-order valence-electron chi connectivity index (χ0n) is 20.5. The fourth-order valence-electron chi connectivity index (χ4n) is 3.36. The first-order valence-electron chi connectivity index (χ1n) is 11.4. The average Bonchev–Trinajstić information content (AvgIpc) is 2.81. The van der Waals surface area contributed by atoms with E-state index < -0.39 is 29.1 Å². The molecule has 0 fully saturated rings. The Labute approximate surface area is 202 Å². The van der Waals surface area contributed by atoms with Crippen molar-refractivity contribution in [2.45, 2.75) is 53.0 Å². The maximum Gasteiger partial charge on any atom is 0.337 e. The van der Waals surface area contributed by atoms with E-state index in [1.807, 2.05) is 20.8 Å². The third kappa shape index (κ3) is 7.29. The Hall–Kier alpha value is -3.89. The van der Waals surface area contributed by atoms with E-state index in [2.05, 4.69) is 9.72 Å². The number of nitrogen functional groups attached to an aromatic ring is 1. The molecule has 1 aromatic heterocycles. The molecule has 0 aliphatic rings. The highest BCUT2D eigenvalue weighted by Crippen LogP contribution is 2.21. The average molecular weight is 489 g/mol. The highest BCUT2D eigenvalue weighted by atomic mass is 16.5. The number of amides is 1. The Bertz CT molecular complexity index is 1170. The van der Waals surface area contributed by atoms with Crippen LogP contribution in [0, 0.1) is 5.92 Å². The minimum Gasteiger partial charge on any atom is -0.465 e. The van der Waals surface area contributed by atoms with Crippen LogP contribution in [0.4, 0.5) is 11.5 Å². The van der Waals surface area contributed by atoms with Crippen molar-refractivity contribution in [1.29, 1.82) is 0 Å². The van der Waals surface area contributed by atoms with Crippen molar-refractivity contribution in [2.75, 3.05) is 24.3 Å². The van der Waals surface area contributed by atoms with Gasteiger partial charge in [0, 0.05) is 19.5 Å². The van der Waals surface area contributed by atoms with Gasteiger partial charge < -0.3 is 20.1 Å². The zero-order chi connectivity index (χ0) is 26.1. The largest absolute Gasteiger partial charge is 0.465 e. The molecule has 1 amide bonds. The van der Waals surface area contributed by atoms with Gasteiger partial charge in [-0.3, -0.25) is 23.9 Å². The molecule has 0 spiro atoms. The summed E-state index contributed by atoms with van der Waals surface area (Å²) in [5.74, 6) is -1.59. The van der Waals surface area contributed by atoms with E-state index in [0.717, 1.165) is 6.42 Å². The Kier molecular flexibility index (Phi) is 9.80. The van der Waals surface area contributed by atoms with Gasteiger partial charge in [-0.05, 0) is 36.6 Å². The summed E-state index contributed by atoms with van der Waals surface area (Å²) in [7, 11) is 1.26. The standard InChI is InChI=1S/C24H32N4O7/c1-5-6-13-27-21(25)20(22(31)26-24(27)33)28(14-15(2)3)18(29)11-12-19(30)35-17-9-7-16(8-10-17)23(32)34-4/h7-10,15H,5-6,11-14,25H2,1-4H3,(H,26,31,33). The molecule has 35 heavy (non-hydrogen) atoms. The second-order valence-electron chi connectivity index (χ2n) is 8.39. The van der Waals surface area contributed by atoms with E-state index >= 15 is 0 Å². The van der Waals surface area contributed by atoms with Crippen LogP contribution in [0.15, 0.2) is 33.9 Å². The number of nitrogens with one attached hydrogen (secondary N) is 1. The molecule has 1 heterocycles. The number of carbonyl (C=O) groups excluding carboxylic acids is 3. The summed E-state index contributed by atoms with van der Waals surface area (Å²) >= 11 is 0. The summed E-state index contributed by atoms with van der Waals surface area (Å²) in [5.41, 5.74) is 4.96. The molecule has 190 valence electrons. The van der Waals surface area contributed by atoms with Crippen LogP contribution in [0.25, 0.3) is 0 Å². The van der Waals surface area contributed by atoms with Gasteiger partial charge in [0.25, 0.3) is 5.56 Å². The van der Waals surface area contributed by atoms with Crippen LogP contribution in [0.2, 0.25) is 0 Å². The minimum absolute atomic E-state index is 0.0194. The van der Waals surface area contributed by atoms with Gasteiger partial charge in [-0.25, -0.2) is 9.59 Å². The molecule has 0 saturated heterocycles. The van der Waals surface area contributed by atoms with E-state index in [9.17, 15) is 24.0 Å². The number of nitrogens with two attached hydrogens (primary N) is 1. The van der Waals surface area contributed by atoms with E-state index in [4.69, 9.17) is 10.5 Å². The number of rotatable bonds is 11. The molecular weight excluding hydrogens is 456 g/mol. The lowest BCUT2D eigenvalue weighted by Crippen LogP contribution is -2.42. The van der Waals surface area contributed by atoms with Crippen molar-refractivity contribution >= 4 is 29.4 Å². The summed E-state index contributed by atoms with van der Waals surface area (Å²) < 4.78 is 11.1. The van der Waals surface area contributed by atoms with Gasteiger partial charge in [0.1, 0.15) is 11.6 Å². The fraction of sp³-hybridized carbons (Fsp3) is 0.458. The monoisotopic (exact) mass is 488 g/mol. The smallest absolute Gasteiger partial charge is 0.337 e. The Balaban J connectivity index is 2.18. The zero-order valence-corrected chi connectivity index (χ0v) is 20.5. The first kappa shape index (κ1) is 27.4. The highest BCUT2D eigenvalue weighted by Gasteiger charge is 2.25. The lowest BCUT2D eigenvalue weighted by Gasteiger charge is -2.26. The van der Waals surface area contributed by atoms with Gasteiger partial charge >= 0.3 is 17.6 Å². The molecule has 0 unspecified atom stereocenters. The highest BCUT2D eigenvalue weighted by molar-refractivity contribution is 5.97. The third-order valence-corrected chi connectivity index (χ3v) is 5.12. The lowest BCUT2D eigenvalue weighted by molar-refractivity contribution is -0.136. The van der Waals surface area contributed by atoms with Crippen molar-refractivity contribution in [3.63, 3.8) is 0 Å². The quantitative estimate of drug-likeness (QED) is 0.360. The second-order valence-corrected chi connectivity index (χ2v) is 8.39. The number of benzene rings is 1. The summed E-state index contributed by atoms with van der Waals surface area (Å²) in [5, 5.41) is 0. The predicted molar refractivity (Wildman–Crippen MR) is 130 cm³/mol. The Morgan fingerprint density at radius 1 is 1.11 bits per heavy atom. The predicted octanol–water partition coefficient (Wildman–Crippen LogP) is 2.08. The third-order valence-electron chi connectivity index (χ3n) is 5.12. The minimum atomic E-state index is -0.762. The number of unbranched alkanes of at least 4 members (excludes halogenated alkanes) is 1. The number of hydrogen-bond donors (Lipinski definition) is 2. The van der Waals surface area contributed by atoms with Crippen LogP contribution in [-0.2, 0) is 20.9 Å². The van der Waals surface area contributed by atoms with Crippen molar-refractivity contribution in [1.82, 2.24) is 9.55 Å². The Morgan fingerprint density at radius 2 is 1.77 bits per heavy atom. The van der Waals surface area contributed by atoms with E-state index in [-0.39, 0.29) is 42.6 Å². The summed E-state index contributed by atoms with van der Waals surface area (Å²) in [4.78, 5) is 65.2. The SMILES string of the molecule is CCCCn1c(N)c(N(CC(C)C)C(=O)CCC(=O)Oc2ccc(C(=O)OC)cc2)c(=O)[nH]c1=O. The number of H-pyrrole nitrogens is 1. The van der Waals surface area contributed by atoms with Crippen LogP contribution < -0.4 is 26.6 Å². The van der Waals surface area contributed by atoms with Gasteiger partial charge in [-0.15, -0.1) is 0 Å². The van der Waals surface area contributed by atoms with Crippen LogP contribution >= 0.6 is 0 Å². The van der Waals surface area contributed by atoms with Crippen LogP contribution in [0.3, 0.4) is 0 Å². The van der Waals surface area contributed by atoms with Crippen molar-refractivity contribution in [3.8, 4) is 5.75 Å². The molecule has 11 nitrogen and oxygen atoms in total. The summed E-state index contributed by atoms with van der Waals surface area (Å²) in [6.45, 7) is 6.15. The number of aromatic nitrogens is 2. The van der Waals surface area contributed by atoms with Crippen LogP contribution in [0.1, 0.15) is 56.8 Å². The van der Waals surface area contributed by atoms with Crippen LogP contribution in [0.5, 0.6) is 5.75 Å². The first-order chi connectivity index (χ1) is 16.6. The molecule has 0 aliphatic carbocycles. The number of carbonyl (C=O) groups is 3. The number of hydrogen-bond acceptors (Lipinski definition) is 8. The molecule has 2 aromatic rings. The van der Waals surface area contributed by atoms with Crippen molar-refractivity contribution in [3.05, 3.63) is 50.7 Å². The molecule has 0 aliphatic heterocycles. The normalized spacial score (nSPS) is 10.8. The van der Waals surface area contributed by atoms with E-state index in [0.29, 0.717) is 18.5 Å². The molecule has 1 aromatic carbocycles. The lowest BCUT2D eigenvalue weighted by atomic mass is 10.1. The van der Waals surface area contributed by atoms with Gasteiger partial charge in [0.2, 0.25) is 5.91 Å². The number of ether oxygens (including phenoxy) is 2. The second kappa shape index (κ2) is 12.5. The van der Waals surface area contributed by atoms with E-state index in [1.165, 1.54) is 40.8 Å². The molecule has 11 heteroatoms. The van der Waals surface area contributed by atoms with Crippen molar-refractivity contribution < 1.29 is 23.9 Å². The number of aromatic amines is 1. The first-order valence-corrected chi connectivity index (χ1v) is 11.4. The van der Waals surface area contributed by atoms with Gasteiger partial charge in [0.15, 0.2) is 5.69 Å². The molecular formula is C24H32N4O7. The van der Waals surface area contributed by atoms with Crippen molar-refractivity contribution in [2.24, 2.45) is 5.92 Å². The summed E-state index contributed by atoms with van der Waals surface area (Å²) in [6.07, 6.45) is 0.987. The summed E-state index contributed by atoms with van der Waals surface area (Å²) in [6, 6.07) is 5.78. The molecule has 0 atom stereocenters. The van der Waals surface area contributed by atoms with Gasteiger partial charge in [0.05, 0.1) is 19.1 Å². The van der Waals surface area contributed by atoms with Gasteiger partial charge in [-0.1, -0.05) is 27.2 Å². The molecule has 0 radical (unpaired) electrons. The number of nitrogens with zero attached hydrogens (tertiary/aromatic N) is 2. The topological polar surface area (TPSA) is 154 Å². The Morgan fingerprint density at radius 3 is 2.34 bits per heavy atom. The molecule has 0 bridgehead atoms. The fourth-order valence-corrected chi connectivity index (χ4v) is 3.36. The maximum absolute atomic E-state index is 13.1. The van der Waals surface area contributed by atoms with E-state index in [1.54, 1.807) is 0 Å². The number of anilines is 2. The molecule has 2 rings (SSSR count). The van der Waals surface area contributed by atoms with Crippen LogP contribution in [-0.4, -0.2) is 41.1 Å². The molecule has 3 N–H and O–H groups in total. The van der Waals surface area contributed by atoms with Gasteiger partial charge in [-0.2, -0.15) is 0 Å². The number of esters is 2. The molecule has 0 saturated carbocycles.